The number of carbonyl (C=O) groups is 1. The number of esters is 1. The lowest BCUT2D eigenvalue weighted by Crippen LogP contribution is -1.98. The summed E-state index contributed by atoms with van der Waals surface area (Å²) in [4.78, 5) is 11.2. The van der Waals surface area contributed by atoms with Crippen molar-refractivity contribution >= 4 is 27.4 Å². The van der Waals surface area contributed by atoms with E-state index >= 15 is 0 Å². The second-order valence-electron chi connectivity index (χ2n) is 2.90. The number of methoxy groups -OCH3 is 1. The van der Waals surface area contributed by atoms with E-state index in [0.29, 0.717) is 5.56 Å². The molecular formula is C10H8BrNO2. The topological polar surface area (TPSA) is 30.7 Å². The highest BCUT2D eigenvalue weighted by Crippen LogP contribution is 2.16. The molecule has 0 saturated carbocycles. The summed E-state index contributed by atoms with van der Waals surface area (Å²) >= 11 is 3.37. The van der Waals surface area contributed by atoms with Crippen LogP contribution in [-0.2, 0) is 4.74 Å². The van der Waals surface area contributed by atoms with E-state index in [-0.39, 0.29) is 5.97 Å². The summed E-state index contributed by atoms with van der Waals surface area (Å²) < 4.78 is 7.49. The Bertz CT molecular complexity index is 490. The average Bonchev–Trinajstić information content (AvgIpc) is 2.59. The minimum Gasteiger partial charge on any atom is -0.465 e. The molecule has 0 atom stereocenters. The van der Waals surface area contributed by atoms with Crippen molar-refractivity contribution in [2.75, 3.05) is 7.11 Å². The van der Waals surface area contributed by atoms with E-state index in [9.17, 15) is 4.79 Å². The summed E-state index contributed by atoms with van der Waals surface area (Å²) in [6.07, 6.45) is 3.62. The lowest BCUT2D eigenvalue weighted by Gasteiger charge is -1.93. The molecule has 3 nitrogen and oxygen atoms in total. The normalized spacial score (nSPS) is 10.4. The molecule has 0 aliphatic rings. The van der Waals surface area contributed by atoms with Crippen molar-refractivity contribution in [1.29, 1.82) is 0 Å². The van der Waals surface area contributed by atoms with Crippen molar-refractivity contribution in [3.05, 3.63) is 40.6 Å². The molecule has 0 bridgehead atoms. The van der Waals surface area contributed by atoms with E-state index in [4.69, 9.17) is 0 Å². The van der Waals surface area contributed by atoms with Gasteiger partial charge in [0.15, 0.2) is 0 Å². The summed E-state index contributed by atoms with van der Waals surface area (Å²) in [5.41, 5.74) is 1.52. The first-order chi connectivity index (χ1) is 6.70. The van der Waals surface area contributed by atoms with Gasteiger partial charge in [0.25, 0.3) is 0 Å². The minimum absolute atomic E-state index is 0.315. The molecule has 0 unspecified atom stereocenters. The summed E-state index contributed by atoms with van der Waals surface area (Å²) in [5, 5.41) is 0. The first-order valence-corrected chi connectivity index (χ1v) is 4.85. The van der Waals surface area contributed by atoms with E-state index in [2.05, 4.69) is 20.7 Å². The molecule has 0 aromatic carbocycles. The van der Waals surface area contributed by atoms with Crippen molar-refractivity contribution in [3.63, 3.8) is 0 Å². The van der Waals surface area contributed by atoms with Crippen molar-refractivity contribution in [1.82, 2.24) is 4.40 Å². The molecule has 2 aromatic heterocycles. The Morgan fingerprint density at radius 2 is 2.29 bits per heavy atom. The van der Waals surface area contributed by atoms with E-state index in [1.165, 1.54) is 7.11 Å². The van der Waals surface area contributed by atoms with Crippen LogP contribution in [-0.4, -0.2) is 17.5 Å². The Labute approximate surface area is 89.4 Å². The minimum atomic E-state index is -0.315. The predicted molar refractivity (Wildman–Crippen MR) is 56.4 cm³/mol. The number of ether oxygens (including phenoxy) is 1. The van der Waals surface area contributed by atoms with Crippen LogP contribution in [0.15, 0.2) is 35.1 Å². The standard InChI is InChI=1S/C10H8BrNO2/c1-14-10(13)7-4-9-5-8(11)2-3-12(9)6-7/h2-6H,1H3. The molecule has 72 valence electrons. The van der Waals surface area contributed by atoms with Gasteiger partial charge in [-0.25, -0.2) is 4.79 Å². The molecule has 0 spiro atoms. The van der Waals surface area contributed by atoms with Crippen molar-refractivity contribution in [3.8, 4) is 0 Å². The molecule has 0 saturated heterocycles. The molecule has 0 amide bonds. The lowest BCUT2D eigenvalue weighted by molar-refractivity contribution is 0.0601. The third kappa shape index (κ3) is 1.53. The van der Waals surface area contributed by atoms with Crippen molar-refractivity contribution in [2.24, 2.45) is 0 Å². The predicted octanol–water partition coefficient (Wildman–Crippen LogP) is 2.49. The van der Waals surface area contributed by atoms with Gasteiger partial charge in [0.05, 0.1) is 12.7 Å². The van der Waals surface area contributed by atoms with Crippen LogP contribution in [0.2, 0.25) is 0 Å². The molecule has 0 aliphatic carbocycles. The Balaban J connectivity index is 2.56. The molecule has 0 fully saturated rings. The number of halogens is 1. The van der Waals surface area contributed by atoms with Crippen LogP contribution in [0.25, 0.3) is 5.52 Å². The first kappa shape index (κ1) is 9.27. The number of hydrogen-bond acceptors (Lipinski definition) is 2. The molecule has 2 rings (SSSR count). The second-order valence-corrected chi connectivity index (χ2v) is 3.81. The van der Waals surface area contributed by atoms with E-state index < -0.39 is 0 Å². The van der Waals surface area contributed by atoms with E-state index in [1.54, 1.807) is 12.3 Å². The Morgan fingerprint density at radius 1 is 1.50 bits per heavy atom. The van der Waals surface area contributed by atoms with Crippen molar-refractivity contribution < 1.29 is 9.53 Å². The number of fused-ring (bicyclic) bond motifs is 1. The Hall–Kier alpha value is -1.29. The zero-order valence-corrected chi connectivity index (χ0v) is 9.11. The summed E-state index contributed by atoms with van der Waals surface area (Å²) in [5.74, 6) is -0.315. The highest BCUT2D eigenvalue weighted by Gasteiger charge is 2.07. The van der Waals surface area contributed by atoms with Gasteiger partial charge < -0.3 is 9.14 Å². The fourth-order valence-electron chi connectivity index (χ4n) is 1.31. The summed E-state index contributed by atoms with van der Waals surface area (Å²) in [7, 11) is 1.38. The van der Waals surface area contributed by atoms with Crippen LogP contribution >= 0.6 is 15.9 Å². The maximum Gasteiger partial charge on any atom is 0.339 e. The quantitative estimate of drug-likeness (QED) is 0.732. The molecule has 0 aliphatic heterocycles. The van der Waals surface area contributed by atoms with Crippen molar-refractivity contribution in [2.45, 2.75) is 0 Å². The number of aromatic nitrogens is 1. The molecule has 2 aromatic rings. The van der Waals surface area contributed by atoms with E-state index in [1.807, 2.05) is 22.7 Å². The second kappa shape index (κ2) is 3.46. The van der Waals surface area contributed by atoms with Gasteiger partial charge in [0.2, 0.25) is 0 Å². The summed E-state index contributed by atoms with van der Waals surface area (Å²) in [6, 6.07) is 5.64. The van der Waals surface area contributed by atoms with Crippen LogP contribution < -0.4 is 0 Å². The summed E-state index contributed by atoms with van der Waals surface area (Å²) in [6.45, 7) is 0. The maximum absolute atomic E-state index is 11.2. The van der Waals surface area contributed by atoms with Gasteiger partial charge in [-0.3, -0.25) is 0 Å². The van der Waals surface area contributed by atoms with Gasteiger partial charge in [-0.1, -0.05) is 15.9 Å². The number of carbonyl (C=O) groups excluding carboxylic acids is 1. The molecule has 14 heavy (non-hydrogen) atoms. The van der Waals surface area contributed by atoms with Crippen LogP contribution in [0.4, 0.5) is 0 Å². The maximum atomic E-state index is 11.2. The van der Waals surface area contributed by atoms with Gasteiger partial charge in [-0.05, 0) is 18.2 Å². The number of rotatable bonds is 1. The highest BCUT2D eigenvalue weighted by atomic mass is 79.9. The molecule has 4 heteroatoms. The largest absolute Gasteiger partial charge is 0.465 e. The number of nitrogens with zero attached hydrogens (tertiary/aromatic N) is 1. The Morgan fingerprint density at radius 3 is 3.00 bits per heavy atom. The lowest BCUT2D eigenvalue weighted by atomic mass is 10.3. The molecule has 2 heterocycles. The van der Waals surface area contributed by atoms with Crippen LogP contribution in [0.3, 0.4) is 0 Å². The number of hydrogen-bond donors (Lipinski definition) is 0. The first-order valence-electron chi connectivity index (χ1n) is 4.06. The fourth-order valence-corrected chi connectivity index (χ4v) is 1.66. The highest BCUT2D eigenvalue weighted by molar-refractivity contribution is 9.10. The molecule has 0 radical (unpaired) electrons. The monoisotopic (exact) mass is 253 g/mol. The van der Waals surface area contributed by atoms with Crippen LogP contribution in [0.1, 0.15) is 10.4 Å². The average molecular weight is 254 g/mol. The third-order valence-corrected chi connectivity index (χ3v) is 2.47. The SMILES string of the molecule is COC(=O)c1cc2cc(Br)ccn2c1. The van der Waals surface area contributed by atoms with Gasteiger partial charge in [-0.2, -0.15) is 0 Å². The zero-order valence-electron chi connectivity index (χ0n) is 7.53. The van der Waals surface area contributed by atoms with E-state index in [0.717, 1.165) is 9.99 Å². The molecular weight excluding hydrogens is 246 g/mol. The van der Waals surface area contributed by atoms with Gasteiger partial charge >= 0.3 is 5.97 Å². The van der Waals surface area contributed by atoms with Gasteiger partial charge in [0.1, 0.15) is 0 Å². The fraction of sp³-hybridized carbons (Fsp3) is 0.100. The zero-order chi connectivity index (χ0) is 10.1. The Kier molecular flexibility index (Phi) is 2.29. The van der Waals surface area contributed by atoms with Gasteiger partial charge in [-0.15, -0.1) is 0 Å². The van der Waals surface area contributed by atoms with Crippen LogP contribution in [0, 0.1) is 0 Å². The number of pyridine rings is 1. The van der Waals surface area contributed by atoms with Gasteiger partial charge in [0, 0.05) is 22.4 Å². The molecule has 0 N–H and O–H groups in total. The third-order valence-electron chi connectivity index (χ3n) is 1.98. The smallest absolute Gasteiger partial charge is 0.339 e. The van der Waals surface area contributed by atoms with Crippen LogP contribution in [0.5, 0.6) is 0 Å².